The summed E-state index contributed by atoms with van der Waals surface area (Å²) in [6.45, 7) is 0.530. The molecule has 160 valence electrons. The highest BCUT2D eigenvalue weighted by atomic mass is 127. The van der Waals surface area contributed by atoms with Crippen molar-refractivity contribution in [3.8, 4) is 17.2 Å². The number of benzene rings is 3. The zero-order valence-electron chi connectivity index (χ0n) is 17.0. The van der Waals surface area contributed by atoms with Crippen LogP contribution >= 0.6 is 35.0 Å². The Hall–Kier alpha value is -2.78. The van der Waals surface area contributed by atoms with Gasteiger partial charge in [0.15, 0.2) is 11.5 Å². The minimum absolute atomic E-state index is 0. The molecular weight excluding hydrogens is 529 g/mol. The quantitative estimate of drug-likeness (QED) is 0.286. The average molecular weight is 550 g/mol. The Morgan fingerprint density at radius 3 is 2.32 bits per heavy atom. The zero-order valence-corrected chi connectivity index (χ0v) is 19.9. The summed E-state index contributed by atoms with van der Waals surface area (Å²) in [5.41, 5.74) is 2.80. The SMILES string of the molecule is COc1cc2ncnc(Nc3ccc(OCc4ccccc4)c(I)c3)c2cc1OC.Cl. The molecule has 0 atom stereocenters. The molecule has 0 fully saturated rings. The Balaban J connectivity index is 0.00000272. The molecule has 0 amide bonds. The Labute approximate surface area is 200 Å². The van der Waals surface area contributed by atoms with Gasteiger partial charge in [0.05, 0.1) is 23.3 Å². The molecule has 0 saturated heterocycles. The summed E-state index contributed by atoms with van der Waals surface area (Å²) in [7, 11) is 3.21. The van der Waals surface area contributed by atoms with Gasteiger partial charge < -0.3 is 19.5 Å². The standard InChI is InChI=1S/C23H20IN3O3.ClH/c1-28-21-11-17-19(12-22(21)29-2)25-14-26-23(17)27-16-8-9-20(18(24)10-16)30-13-15-6-4-3-5-7-15;/h3-12,14H,13H2,1-2H3,(H,25,26,27);1H. The van der Waals surface area contributed by atoms with Gasteiger partial charge in [0.1, 0.15) is 24.5 Å². The number of anilines is 2. The van der Waals surface area contributed by atoms with Crippen LogP contribution in [0.2, 0.25) is 0 Å². The molecule has 0 saturated carbocycles. The van der Waals surface area contributed by atoms with Crippen molar-refractivity contribution in [3.05, 3.63) is 76.1 Å². The van der Waals surface area contributed by atoms with Crippen LogP contribution < -0.4 is 19.5 Å². The molecule has 8 heteroatoms. The van der Waals surface area contributed by atoms with Gasteiger partial charge >= 0.3 is 0 Å². The number of hydrogen-bond donors (Lipinski definition) is 1. The van der Waals surface area contributed by atoms with Crippen LogP contribution in [0.15, 0.2) is 67.0 Å². The van der Waals surface area contributed by atoms with E-state index in [1.165, 1.54) is 6.33 Å². The predicted octanol–water partition coefficient (Wildman–Crippen LogP) is 6.00. The fourth-order valence-electron chi connectivity index (χ4n) is 3.05. The zero-order chi connectivity index (χ0) is 20.9. The first-order valence-electron chi connectivity index (χ1n) is 9.28. The molecule has 0 aliphatic carbocycles. The second-order valence-corrected chi connectivity index (χ2v) is 7.65. The lowest BCUT2D eigenvalue weighted by molar-refractivity contribution is 0.304. The molecule has 4 aromatic rings. The molecule has 4 rings (SSSR count). The number of hydrogen-bond acceptors (Lipinski definition) is 6. The number of rotatable bonds is 7. The van der Waals surface area contributed by atoms with Crippen molar-refractivity contribution in [1.82, 2.24) is 9.97 Å². The third-order valence-electron chi connectivity index (χ3n) is 4.57. The fourth-order valence-corrected chi connectivity index (χ4v) is 3.72. The highest BCUT2D eigenvalue weighted by Crippen LogP contribution is 2.35. The Morgan fingerprint density at radius 2 is 1.61 bits per heavy atom. The largest absolute Gasteiger partial charge is 0.493 e. The third kappa shape index (κ3) is 5.29. The number of methoxy groups -OCH3 is 2. The highest BCUT2D eigenvalue weighted by Gasteiger charge is 2.12. The molecule has 0 bridgehead atoms. The molecule has 1 heterocycles. The maximum absolute atomic E-state index is 5.96. The van der Waals surface area contributed by atoms with E-state index in [9.17, 15) is 0 Å². The van der Waals surface area contributed by atoms with E-state index in [-0.39, 0.29) is 12.4 Å². The fraction of sp³-hybridized carbons (Fsp3) is 0.130. The first-order valence-corrected chi connectivity index (χ1v) is 10.4. The second-order valence-electron chi connectivity index (χ2n) is 6.49. The van der Waals surface area contributed by atoms with Gasteiger partial charge in [-0.25, -0.2) is 9.97 Å². The van der Waals surface area contributed by atoms with Gasteiger partial charge in [0, 0.05) is 17.1 Å². The third-order valence-corrected chi connectivity index (χ3v) is 5.42. The van der Waals surface area contributed by atoms with Crippen molar-refractivity contribution in [2.45, 2.75) is 6.61 Å². The van der Waals surface area contributed by atoms with Crippen LogP contribution in [0.5, 0.6) is 17.2 Å². The van der Waals surface area contributed by atoms with E-state index in [4.69, 9.17) is 14.2 Å². The lowest BCUT2D eigenvalue weighted by Crippen LogP contribution is -2.00. The summed E-state index contributed by atoms with van der Waals surface area (Å²) in [6.07, 6.45) is 1.53. The molecule has 0 radical (unpaired) electrons. The molecule has 1 N–H and O–H groups in total. The van der Waals surface area contributed by atoms with Crippen molar-refractivity contribution < 1.29 is 14.2 Å². The molecule has 6 nitrogen and oxygen atoms in total. The number of halogens is 2. The Bertz CT molecular complexity index is 1180. The van der Waals surface area contributed by atoms with Crippen molar-refractivity contribution in [3.63, 3.8) is 0 Å². The average Bonchev–Trinajstić information content (AvgIpc) is 2.78. The Morgan fingerprint density at radius 1 is 0.871 bits per heavy atom. The molecule has 3 aromatic carbocycles. The van der Waals surface area contributed by atoms with Gasteiger partial charge in [-0.2, -0.15) is 0 Å². The van der Waals surface area contributed by atoms with E-state index < -0.39 is 0 Å². The molecule has 1 aromatic heterocycles. The van der Waals surface area contributed by atoms with E-state index in [1.807, 2.05) is 60.7 Å². The molecule has 0 unspecified atom stereocenters. The summed E-state index contributed by atoms with van der Waals surface area (Å²) in [6, 6.07) is 19.8. The number of ether oxygens (including phenoxy) is 3. The lowest BCUT2D eigenvalue weighted by Gasteiger charge is -2.13. The van der Waals surface area contributed by atoms with Crippen LogP contribution in [0.4, 0.5) is 11.5 Å². The van der Waals surface area contributed by atoms with Crippen molar-refractivity contribution in [1.29, 1.82) is 0 Å². The smallest absolute Gasteiger partial charge is 0.162 e. The minimum Gasteiger partial charge on any atom is -0.493 e. The van der Waals surface area contributed by atoms with Crippen molar-refractivity contribution in [2.75, 3.05) is 19.5 Å². The summed E-state index contributed by atoms with van der Waals surface area (Å²) in [4.78, 5) is 8.75. The molecule has 0 aliphatic heterocycles. The summed E-state index contributed by atoms with van der Waals surface area (Å²) < 4.78 is 17.8. The Kier molecular flexibility index (Phi) is 7.75. The number of fused-ring (bicyclic) bond motifs is 1. The predicted molar refractivity (Wildman–Crippen MR) is 133 cm³/mol. The van der Waals surface area contributed by atoms with Gasteiger partial charge in [-0.15, -0.1) is 12.4 Å². The van der Waals surface area contributed by atoms with E-state index in [0.717, 1.165) is 31.5 Å². The summed E-state index contributed by atoms with van der Waals surface area (Å²) in [5, 5.41) is 4.21. The minimum atomic E-state index is 0. The van der Waals surface area contributed by atoms with Crippen molar-refractivity contribution >= 4 is 57.4 Å². The lowest BCUT2D eigenvalue weighted by atomic mass is 10.2. The number of nitrogens with zero attached hydrogens (tertiary/aromatic N) is 2. The highest BCUT2D eigenvalue weighted by molar-refractivity contribution is 14.1. The number of aromatic nitrogens is 2. The van der Waals surface area contributed by atoms with Crippen LogP contribution in [-0.2, 0) is 6.61 Å². The first-order chi connectivity index (χ1) is 14.7. The van der Waals surface area contributed by atoms with E-state index in [1.54, 1.807) is 14.2 Å². The van der Waals surface area contributed by atoms with E-state index in [2.05, 4.69) is 37.9 Å². The van der Waals surface area contributed by atoms with Gasteiger partial charge in [-0.05, 0) is 52.4 Å². The molecule has 0 aliphatic rings. The monoisotopic (exact) mass is 549 g/mol. The van der Waals surface area contributed by atoms with Crippen LogP contribution in [0.1, 0.15) is 5.56 Å². The van der Waals surface area contributed by atoms with Crippen molar-refractivity contribution in [2.24, 2.45) is 0 Å². The molecule has 0 spiro atoms. The van der Waals surface area contributed by atoms with Gasteiger partial charge in [0.25, 0.3) is 0 Å². The topological polar surface area (TPSA) is 65.5 Å². The van der Waals surface area contributed by atoms with Gasteiger partial charge in [-0.1, -0.05) is 30.3 Å². The summed E-state index contributed by atoms with van der Waals surface area (Å²) in [5.74, 6) is 2.78. The summed E-state index contributed by atoms with van der Waals surface area (Å²) >= 11 is 2.28. The van der Waals surface area contributed by atoms with Crippen LogP contribution in [0.3, 0.4) is 0 Å². The van der Waals surface area contributed by atoms with Crippen LogP contribution in [0.25, 0.3) is 10.9 Å². The van der Waals surface area contributed by atoms with Crippen LogP contribution in [0, 0.1) is 3.57 Å². The van der Waals surface area contributed by atoms with E-state index >= 15 is 0 Å². The maximum Gasteiger partial charge on any atom is 0.162 e. The molecule has 31 heavy (non-hydrogen) atoms. The van der Waals surface area contributed by atoms with E-state index in [0.29, 0.717) is 23.9 Å². The number of nitrogens with one attached hydrogen (secondary N) is 1. The van der Waals surface area contributed by atoms with Crippen LogP contribution in [-0.4, -0.2) is 24.2 Å². The van der Waals surface area contributed by atoms with Gasteiger partial charge in [-0.3, -0.25) is 0 Å². The normalized spacial score (nSPS) is 10.3. The maximum atomic E-state index is 5.96. The molecular formula is C23H21ClIN3O3. The second kappa shape index (κ2) is 10.5. The van der Waals surface area contributed by atoms with Gasteiger partial charge in [0.2, 0.25) is 0 Å². The first kappa shape index (κ1) is 22.9.